The third kappa shape index (κ3) is 2.37. The summed E-state index contributed by atoms with van der Waals surface area (Å²) in [4.78, 5) is 4.60. The SMILES string of the molecule is NCc1cccc2nc(CC3CCCSC3)nn12. The van der Waals surface area contributed by atoms with E-state index < -0.39 is 0 Å². The first-order valence-corrected chi connectivity index (χ1v) is 7.63. The summed E-state index contributed by atoms with van der Waals surface area (Å²) in [5.41, 5.74) is 7.65. The fourth-order valence-corrected chi connectivity index (χ4v) is 3.63. The minimum Gasteiger partial charge on any atom is -0.325 e. The van der Waals surface area contributed by atoms with Crippen molar-refractivity contribution in [2.75, 3.05) is 11.5 Å². The zero-order chi connectivity index (χ0) is 12.4. The second-order valence-electron chi connectivity index (χ2n) is 4.81. The van der Waals surface area contributed by atoms with E-state index in [0.29, 0.717) is 6.54 Å². The minimum absolute atomic E-state index is 0.499. The molecule has 4 nitrogen and oxygen atoms in total. The average Bonchev–Trinajstić information content (AvgIpc) is 2.82. The van der Waals surface area contributed by atoms with E-state index in [-0.39, 0.29) is 0 Å². The number of fused-ring (bicyclic) bond motifs is 1. The summed E-state index contributed by atoms with van der Waals surface area (Å²) in [5, 5.41) is 4.59. The molecule has 0 radical (unpaired) electrons. The molecule has 2 aromatic rings. The van der Waals surface area contributed by atoms with Crippen LogP contribution in [0.25, 0.3) is 5.65 Å². The lowest BCUT2D eigenvalue weighted by Gasteiger charge is -2.19. The molecule has 1 aliphatic rings. The Kier molecular flexibility index (Phi) is 3.52. The third-order valence-electron chi connectivity index (χ3n) is 3.42. The van der Waals surface area contributed by atoms with Gasteiger partial charge in [0.05, 0.1) is 5.69 Å². The van der Waals surface area contributed by atoms with Crippen molar-refractivity contribution in [2.45, 2.75) is 25.8 Å². The predicted octanol–water partition coefficient (Wildman–Crippen LogP) is 1.87. The molecule has 0 aliphatic carbocycles. The summed E-state index contributed by atoms with van der Waals surface area (Å²) >= 11 is 2.05. The van der Waals surface area contributed by atoms with Gasteiger partial charge < -0.3 is 5.73 Å². The van der Waals surface area contributed by atoms with Gasteiger partial charge >= 0.3 is 0 Å². The number of nitrogens with two attached hydrogens (primary N) is 1. The molecule has 96 valence electrons. The molecule has 1 unspecified atom stereocenters. The van der Waals surface area contributed by atoms with Gasteiger partial charge in [0.2, 0.25) is 0 Å². The molecule has 3 heterocycles. The molecule has 0 saturated carbocycles. The van der Waals surface area contributed by atoms with Crippen LogP contribution in [0.15, 0.2) is 18.2 Å². The second kappa shape index (κ2) is 5.28. The molecule has 3 rings (SSSR count). The van der Waals surface area contributed by atoms with E-state index in [9.17, 15) is 0 Å². The van der Waals surface area contributed by atoms with Crippen LogP contribution in [0.2, 0.25) is 0 Å². The number of hydrogen-bond donors (Lipinski definition) is 1. The fraction of sp³-hybridized carbons (Fsp3) is 0.538. The van der Waals surface area contributed by atoms with E-state index in [1.807, 2.05) is 22.7 Å². The first-order chi connectivity index (χ1) is 8.86. The molecular formula is C13H18N4S. The molecule has 1 atom stereocenters. The highest BCUT2D eigenvalue weighted by atomic mass is 32.2. The van der Waals surface area contributed by atoms with Gasteiger partial charge in [-0.05, 0) is 42.4 Å². The number of aromatic nitrogens is 3. The maximum Gasteiger partial charge on any atom is 0.155 e. The molecule has 2 N–H and O–H groups in total. The van der Waals surface area contributed by atoms with Gasteiger partial charge in [-0.1, -0.05) is 6.07 Å². The summed E-state index contributed by atoms with van der Waals surface area (Å²) in [5.74, 6) is 4.26. The number of thioether (sulfide) groups is 1. The van der Waals surface area contributed by atoms with E-state index in [1.54, 1.807) is 0 Å². The smallest absolute Gasteiger partial charge is 0.155 e. The maximum atomic E-state index is 5.72. The summed E-state index contributed by atoms with van der Waals surface area (Å²) in [6.07, 6.45) is 3.64. The van der Waals surface area contributed by atoms with Crippen LogP contribution in [-0.2, 0) is 13.0 Å². The molecule has 18 heavy (non-hydrogen) atoms. The van der Waals surface area contributed by atoms with E-state index in [2.05, 4.69) is 21.8 Å². The first kappa shape index (κ1) is 12.0. The Morgan fingerprint density at radius 3 is 3.17 bits per heavy atom. The normalized spacial score (nSPS) is 20.4. The van der Waals surface area contributed by atoms with Crippen LogP contribution >= 0.6 is 11.8 Å². The molecule has 1 saturated heterocycles. The molecule has 1 fully saturated rings. The van der Waals surface area contributed by atoms with Gasteiger partial charge in [-0.15, -0.1) is 0 Å². The van der Waals surface area contributed by atoms with Crippen molar-refractivity contribution in [3.05, 3.63) is 29.7 Å². The highest BCUT2D eigenvalue weighted by Gasteiger charge is 2.17. The van der Waals surface area contributed by atoms with Crippen LogP contribution in [-0.4, -0.2) is 26.1 Å². The lowest BCUT2D eigenvalue weighted by molar-refractivity contribution is 0.508. The van der Waals surface area contributed by atoms with Crippen molar-refractivity contribution < 1.29 is 0 Å². The monoisotopic (exact) mass is 262 g/mol. The highest BCUT2D eigenvalue weighted by Crippen LogP contribution is 2.25. The topological polar surface area (TPSA) is 56.2 Å². The van der Waals surface area contributed by atoms with Crippen LogP contribution in [0.1, 0.15) is 24.4 Å². The molecular weight excluding hydrogens is 244 g/mol. The zero-order valence-electron chi connectivity index (χ0n) is 10.4. The number of rotatable bonds is 3. The first-order valence-electron chi connectivity index (χ1n) is 6.48. The fourth-order valence-electron chi connectivity index (χ4n) is 2.47. The van der Waals surface area contributed by atoms with Gasteiger partial charge in [0.1, 0.15) is 0 Å². The molecule has 2 aromatic heterocycles. The van der Waals surface area contributed by atoms with E-state index in [1.165, 1.54) is 24.3 Å². The van der Waals surface area contributed by atoms with Gasteiger partial charge in [0.15, 0.2) is 11.5 Å². The Hall–Kier alpha value is -1.07. The Bertz CT molecular complexity index is 531. The van der Waals surface area contributed by atoms with Gasteiger partial charge in [0, 0.05) is 13.0 Å². The Morgan fingerprint density at radius 2 is 2.39 bits per heavy atom. The zero-order valence-corrected chi connectivity index (χ0v) is 11.2. The average molecular weight is 262 g/mol. The summed E-state index contributed by atoms with van der Waals surface area (Å²) in [7, 11) is 0. The number of pyridine rings is 1. The van der Waals surface area contributed by atoms with Gasteiger partial charge in [-0.2, -0.15) is 16.9 Å². The standard InChI is InChI=1S/C13H18N4S/c14-8-11-4-1-5-13-15-12(16-17(11)13)7-10-3-2-6-18-9-10/h1,4-5,10H,2-3,6-9,14H2. The number of nitrogens with zero attached hydrogens (tertiary/aromatic N) is 3. The van der Waals surface area contributed by atoms with Crippen LogP contribution in [0.3, 0.4) is 0 Å². The van der Waals surface area contributed by atoms with E-state index in [0.717, 1.165) is 29.5 Å². The Balaban J connectivity index is 1.84. The second-order valence-corrected chi connectivity index (χ2v) is 5.96. The summed E-state index contributed by atoms with van der Waals surface area (Å²) in [6, 6.07) is 5.99. The Labute approximate surface area is 111 Å². The van der Waals surface area contributed by atoms with Crippen LogP contribution in [0, 0.1) is 5.92 Å². The van der Waals surface area contributed by atoms with Crippen molar-refractivity contribution in [3.8, 4) is 0 Å². The largest absolute Gasteiger partial charge is 0.325 e. The summed E-state index contributed by atoms with van der Waals surface area (Å²) in [6.45, 7) is 0.499. The van der Waals surface area contributed by atoms with Crippen molar-refractivity contribution in [1.29, 1.82) is 0 Å². The molecule has 0 aromatic carbocycles. The number of hydrogen-bond acceptors (Lipinski definition) is 4. The van der Waals surface area contributed by atoms with Crippen molar-refractivity contribution in [3.63, 3.8) is 0 Å². The van der Waals surface area contributed by atoms with Crippen molar-refractivity contribution in [1.82, 2.24) is 14.6 Å². The quantitative estimate of drug-likeness (QED) is 0.917. The lowest BCUT2D eigenvalue weighted by Crippen LogP contribution is -2.14. The van der Waals surface area contributed by atoms with E-state index >= 15 is 0 Å². The molecule has 0 bridgehead atoms. The maximum absolute atomic E-state index is 5.72. The molecule has 1 aliphatic heterocycles. The molecule has 0 spiro atoms. The van der Waals surface area contributed by atoms with Crippen molar-refractivity contribution >= 4 is 17.4 Å². The predicted molar refractivity (Wildman–Crippen MR) is 74.6 cm³/mol. The third-order valence-corrected chi connectivity index (χ3v) is 4.70. The van der Waals surface area contributed by atoms with Crippen LogP contribution < -0.4 is 5.73 Å². The summed E-state index contributed by atoms with van der Waals surface area (Å²) < 4.78 is 1.88. The van der Waals surface area contributed by atoms with Gasteiger partial charge in [-0.3, -0.25) is 0 Å². The van der Waals surface area contributed by atoms with Gasteiger partial charge in [-0.25, -0.2) is 9.50 Å². The van der Waals surface area contributed by atoms with Crippen LogP contribution in [0.5, 0.6) is 0 Å². The van der Waals surface area contributed by atoms with Gasteiger partial charge in [0.25, 0.3) is 0 Å². The van der Waals surface area contributed by atoms with E-state index in [4.69, 9.17) is 5.73 Å². The molecule has 5 heteroatoms. The minimum atomic E-state index is 0.499. The lowest BCUT2D eigenvalue weighted by atomic mass is 10.0. The highest BCUT2D eigenvalue weighted by molar-refractivity contribution is 7.99. The van der Waals surface area contributed by atoms with Crippen LogP contribution in [0.4, 0.5) is 0 Å². The Morgan fingerprint density at radius 1 is 1.44 bits per heavy atom. The van der Waals surface area contributed by atoms with Crippen molar-refractivity contribution in [2.24, 2.45) is 11.7 Å². The molecule has 0 amide bonds.